The van der Waals surface area contributed by atoms with Crippen molar-refractivity contribution in [1.29, 1.82) is 0 Å². The topological polar surface area (TPSA) is 29.1 Å². The van der Waals surface area contributed by atoms with Crippen molar-refractivity contribution < 1.29 is 4.79 Å². The Hall–Kier alpha value is -2.09. The Labute approximate surface area is 88.6 Å². The van der Waals surface area contributed by atoms with Gasteiger partial charge in [0.05, 0.1) is 0 Å². The molecule has 1 amide bonds. The molecule has 0 fully saturated rings. The summed E-state index contributed by atoms with van der Waals surface area (Å²) in [6.07, 6.45) is 8.84. The monoisotopic (exact) mass is 197 g/mol. The standard InChI is InChI=1S/C13H11NO/c15-13-10-6-2-5-9-12(14-13)11-7-3-1-4-8-11/h1-10H,(H,14,15). The van der Waals surface area contributed by atoms with E-state index >= 15 is 0 Å². The highest BCUT2D eigenvalue weighted by Crippen LogP contribution is 2.11. The van der Waals surface area contributed by atoms with Gasteiger partial charge in [0, 0.05) is 11.8 Å². The molecule has 0 saturated carbocycles. The fraction of sp³-hybridized carbons (Fsp3) is 0. The smallest absolute Gasteiger partial charge is 0.248 e. The molecule has 2 heteroatoms. The lowest BCUT2D eigenvalue weighted by molar-refractivity contribution is -0.115. The molecule has 0 saturated heterocycles. The Morgan fingerprint density at radius 3 is 2.53 bits per heavy atom. The first kappa shape index (κ1) is 9.46. The lowest BCUT2D eigenvalue weighted by Crippen LogP contribution is -2.19. The summed E-state index contributed by atoms with van der Waals surface area (Å²) >= 11 is 0. The fourth-order valence-electron chi connectivity index (χ4n) is 1.36. The molecule has 2 nitrogen and oxygen atoms in total. The van der Waals surface area contributed by atoms with Crippen LogP contribution in [0.1, 0.15) is 5.56 Å². The number of rotatable bonds is 1. The van der Waals surface area contributed by atoms with Gasteiger partial charge in [-0.15, -0.1) is 0 Å². The van der Waals surface area contributed by atoms with E-state index in [9.17, 15) is 4.79 Å². The summed E-state index contributed by atoms with van der Waals surface area (Å²) in [5.74, 6) is -0.102. The molecule has 1 N–H and O–H groups in total. The Kier molecular flexibility index (Phi) is 2.79. The second-order valence-corrected chi connectivity index (χ2v) is 3.18. The van der Waals surface area contributed by atoms with Crippen molar-refractivity contribution in [3.8, 4) is 0 Å². The Balaban J connectivity index is 2.33. The number of nitrogens with one attached hydrogen (secondary N) is 1. The van der Waals surface area contributed by atoms with Gasteiger partial charge in [-0.25, -0.2) is 0 Å². The zero-order valence-electron chi connectivity index (χ0n) is 8.18. The fourth-order valence-corrected chi connectivity index (χ4v) is 1.36. The molecule has 2 rings (SSSR count). The summed E-state index contributed by atoms with van der Waals surface area (Å²) in [5.41, 5.74) is 1.83. The first-order chi connectivity index (χ1) is 7.36. The van der Waals surface area contributed by atoms with E-state index < -0.39 is 0 Å². The maximum absolute atomic E-state index is 11.3. The molecule has 1 aliphatic rings. The van der Waals surface area contributed by atoms with E-state index in [0.717, 1.165) is 11.3 Å². The number of hydrogen-bond acceptors (Lipinski definition) is 1. The first-order valence-electron chi connectivity index (χ1n) is 4.78. The normalized spacial score (nSPS) is 22.9. The summed E-state index contributed by atoms with van der Waals surface area (Å²) in [6, 6.07) is 9.77. The second-order valence-electron chi connectivity index (χ2n) is 3.18. The third-order valence-corrected chi connectivity index (χ3v) is 2.08. The van der Waals surface area contributed by atoms with E-state index in [0.29, 0.717) is 0 Å². The second kappa shape index (κ2) is 4.42. The molecule has 74 valence electrons. The van der Waals surface area contributed by atoms with Crippen LogP contribution in [-0.2, 0) is 4.79 Å². The number of allylic oxidation sites excluding steroid dienone is 4. The summed E-state index contributed by atoms with van der Waals surface area (Å²) in [6.45, 7) is 0. The molecule has 0 aliphatic carbocycles. The van der Waals surface area contributed by atoms with Gasteiger partial charge in [-0.05, 0) is 11.6 Å². The molecule has 1 aromatic rings. The van der Waals surface area contributed by atoms with E-state index in [1.165, 1.54) is 6.08 Å². The quantitative estimate of drug-likeness (QED) is 0.735. The molecule has 1 heterocycles. The van der Waals surface area contributed by atoms with E-state index in [-0.39, 0.29) is 5.91 Å². The third kappa shape index (κ3) is 2.44. The number of benzene rings is 1. The van der Waals surface area contributed by atoms with Gasteiger partial charge in [0.15, 0.2) is 0 Å². The maximum Gasteiger partial charge on any atom is 0.248 e. The van der Waals surface area contributed by atoms with Crippen LogP contribution in [0.2, 0.25) is 0 Å². The molecule has 0 spiro atoms. The Bertz CT molecular complexity index is 441. The highest BCUT2D eigenvalue weighted by atomic mass is 16.1. The van der Waals surface area contributed by atoms with Crippen molar-refractivity contribution in [2.45, 2.75) is 0 Å². The maximum atomic E-state index is 11.3. The lowest BCUT2D eigenvalue weighted by atomic mass is 10.1. The van der Waals surface area contributed by atoms with Crippen LogP contribution in [0.4, 0.5) is 0 Å². The summed E-state index contributed by atoms with van der Waals surface area (Å²) in [5, 5.41) is 2.82. The van der Waals surface area contributed by atoms with Gasteiger partial charge in [0.25, 0.3) is 0 Å². The molecule has 0 atom stereocenters. The van der Waals surface area contributed by atoms with Gasteiger partial charge >= 0.3 is 0 Å². The van der Waals surface area contributed by atoms with Crippen molar-refractivity contribution in [3.05, 3.63) is 66.3 Å². The van der Waals surface area contributed by atoms with Crippen LogP contribution < -0.4 is 5.32 Å². The van der Waals surface area contributed by atoms with Gasteiger partial charge in [0.1, 0.15) is 0 Å². The van der Waals surface area contributed by atoms with E-state index in [1.54, 1.807) is 6.08 Å². The van der Waals surface area contributed by atoms with E-state index in [4.69, 9.17) is 0 Å². The van der Waals surface area contributed by atoms with Crippen molar-refractivity contribution in [2.75, 3.05) is 0 Å². The minimum atomic E-state index is -0.102. The molecule has 0 unspecified atom stereocenters. The van der Waals surface area contributed by atoms with Crippen LogP contribution in [-0.4, -0.2) is 5.91 Å². The van der Waals surface area contributed by atoms with Crippen LogP contribution in [0.5, 0.6) is 0 Å². The number of hydrogen-bond donors (Lipinski definition) is 1. The number of carbonyl (C=O) groups excluding carboxylic acids is 1. The molecular weight excluding hydrogens is 186 g/mol. The van der Waals surface area contributed by atoms with Gasteiger partial charge < -0.3 is 5.32 Å². The predicted octanol–water partition coefficient (Wildman–Crippen LogP) is 2.27. The SMILES string of the molecule is O=C1\C=C/C=C\C=C(\c2ccccc2)N1. The van der Waals surface area contributed by atoms with Crippen LogP contribution in [0.3, 0.4) is 0 Å². The summed E-state index contributed by atoms with van der Waals surface area (Å²) in [4.78, 5) is 11.3. The van der Waals surface area contributed by atoms with Gasteiger partial charge in [-0.2, -0.15) is 0 Å². The largest absolute Gasteiger partial charge is 0.322 e. The highest BCUT2D eigenvalue weighted by Gasteiger charge is 2.03. The average Bonchev–Trinajstić information content (AvgIpc) is 2.24. The lowest BCUT2D eigenvalue weighted by Gasteiger charge is -2.08. The molecular formula is C13H11NO. The molecule has 0 bridgehead atoms. The van der Waals surface area contributed by atoms with Crippen LogP contribution >= 0.6 is 0 Å². The van der Waals surface area contributed by atoms with Crippen molar-refractivity contribution in [3.63, 3.8) is 0 Å². The van der Waals surface area contributed by atoms with Crippen molar-refractivity contribution in [1.82, 2.24) is 5.32 Å². The van der Waals surface area contributed by atoms with Crippen LogP contribution in [0, 0.1) is 0 Å². The molecule has 1 aliphatic heterocycles. The first-order valence-corrected chi connectivity index (χ1v) is 4.78. The zero-order valence-corrected chi connectivity index (χ0v) is 8.18. The van der Waals surface area contributed by atoms with E-state index in [2.05, 4.69) is 5.32 Å². The van der Waals surface area contributed by atoms with Crippen molar-refractivity contribution >= 4 is 11.6 Å². The Morgan fingerprint density at radius 1 is 0.933 bits per heavy atom. The molecule has 15 heavy (non-hydrogen) atoms. The Morgan fingerprint density at radius 2 is 1.73 bits per heavy atom. The average molecular weight is 197 g/mol. The molecule has 0 aromatic heterocycles. The van der Waals surface area contributed by atoms with Crippen LogP contribution in [0.15, 0.2) is 60.7 Å². The number of amides is 1. The van der Waals surface area contributed by atoms with Gasteiger partial charge in [0.2, 0.25) is 5.91 Å². The minimum absolute atomic E-state index is 0.102. The third-order valence-electron chi connectivity index (χ3n) is 2.08. The summed E-state index contributed by atoms with van der Waals surface area (Å²) in [7, 11) is 0. The summed E-state index contributed by atoms with van der Waals surface area (Å²) < 4.78 is 0. The highest BCUT2D eigenvalue weighted by molar-refractivity contribution is 5.95. The predicted molar refractivity (Wildman–Crippen MR) is 60.8 cm³/mol. The van der Waals surface area contributed by atoms with Gasteiger partial charge in [-0.1, -0.05) is 48.6 Å². The van der Waals surface area contributed by atoms with Crippen molar-refractivity contribution in [2.24, 2.45) is 0 Å². The zero-order chi connectivity index (χ0) is 10.5. The molecule has 0 radical (unpaired) electrons. The van der Waals surface area contributed by atoms with Gasteiger partial charge in [-0.3, -0.25) is 4.79 Å². The number of carbonyl (C=O) groups is 1. The van der Waals surface area contributed by atoms with Crippen LogP contribution in [0.25, 0.3) is 5.70 Å². The van der Waals surface area contributed by atoms with E-state index in [1.807, 2.05) is 48.6 Å². The molecule has 1 aromatic carbocycles. The minimum Gasteiger partial charge on any atom is -0.322 e.